The zero-order chi connectivity index (χ0) is 21.3. The van der Waals surface area contributed by atoms with Gasteiger partial charge in [0.05, 0.1) is 7.11 Å². The van der Waals surface area contributed by atoms with E-state index >= 15 is 0 Å². The summed E-state index contributed by atoms with van der Waals surface area (Å²) in [5.74, 6) is 0.181. The highest BCUT2D eigenvalue weighted by Crippen LogP contribution is 2.26. The second-order valence-electron chi connectivity index (χ2n) is 6.88. The zero-order valence-electron chi connectivity index (χ0n) is 16.4. The van der Waals surface area contributed by atoms with Crippen LogP contribution in [0.5, 0.6) is 5.75 Å². The second-order valence-corrected chi connectivity index (χ2v) is 8.84. The van der Waals surface area contributed by atoms with Crippen LogP contribution in [0.4, 0.5) is 4.39 Å². The number of hydrogen-bond acceptors (Lipinski definition) is 6. The summed E-state index contributed by atoms with van der Waals surface area (Å²) in [5.41, 5.74) is 4.07. The molecule has 9 heteroatoms. The molecule has 0 radical (unpaired) electrons. The highest BCUT2D eigenvalue weighted by atomic mass is 32.2. The number of halogens is 1. The molecule has 0 amide bonds. The van der Waals surface area contributed by atoms with Crippen molar-refractivity contribution in [2.45, 2.75) is 17.9 Å². The average Bonchev–Trinajstić information content (AvgIpc) is 3.22. The van der Waals surface area contributed by atoms with Gasteiger partial charge in [-0.1, -0.05) is 6.07 Å². The van der Waals surface area contributed by atoms with Crippen LogP contribution >= 0.6 is 0 Å². The van der Waals surface area contributed by atoms with Crippen molar-refractivity contribution < 1.29 is 17.5 Å². The van der Waals surface area contributed by atoms with Crippen LogP contribution in [0, 0.1) is 5.82 Å². The van der Waals surface area contributed by atoms with E-state index in [9.17, 15) is 12.8 Å². The minimum absolute atomic E-state index is 0.0219. The highest BCUT2D eigenvalue weighted by molar-refractivity contribution is 7.90. The molecule has 0 saturated carbocycles. The number of aromatic nitrogens is 4. The van der Waals surface area contributed by atoms with Gasteiger partial charge in [0.2, 0.25) is 0 Å². The summed E-state index contributed by atoms with van der Waals surface area (Å²) in [6.07, 6.45) is 5.59. The third-order valence-electron chi connectivity index (χ3n) is 4.87. The predicted octanol–water partition coefficient (Wildman–Crippen LogP) is 3.13. The fraction of sp³-hybridized carbons (Fsp3) is 0.190. The summed E-state index contributed by atoms with van der Waals surface area (Å²) in [6.45, 7) is 0. The number of nitrogens with zero attached hydrogens (tertiary/aromatic N) is 4. The molecule has 1 aromatic carbocycles. The Kier molecular flexibility index (Phi) is 5.21. The molecule has 0 fully saturated rings. The van der Waals surface area contributed by atoms with Crippen molar-refractivity contribution in [1.82, 2.24) is 19.6 Å². The van der Waals surface area contributed by atoms with Crippen LogP contribution in [-0.2, 0) is 22.7 Å². The number of pyridine rings is 2. The Labute approximate surface area is 173 Å². The lowest BCUT2D eigenvalue weighted by atomic mass is 10.0. The van der Waals surface area contributed by atoms with Crippen molar-refractivity contribution in [3.05, 3.63) is 72.1 Å². The van der Waals surface area contributed by atoms with Crippen molar-refractivity contribution in [3.8, 4) is 16.9 Å². The Morgan fingerprint density at radius 1 is 1.10 bits per heavy atom. The third kappa shape index (κ3) is 3.88. The molecule has 7 nitrogen and oxygen atoms in total. The van der Waals surface area contributed by atoms with Gasteiger partial charge in [-0.25, -0.2) is 17.8 Å². The van der Waals surface area contributed by atoms with Gasteiger partial charge in [-0.05, 0) is 48.7 Å². The van der Waals surface area contributed by atoms with E-state index in [0.717, 1.165) is 28.6 Å². The van der Waals surface area contributed by atoms with E-state index in [-0.39, 0.29) is 10.8 Å². The van der Waals surface area contributed by atoms with Crippen LogP contribution < -0.4 is 4.74 Å². The molecule has 0 atom stereocenters. The Hall–Kier alpha value is -3.33. The van der Waals surface area contributed by atoms with E-state index in [2.05, 4.69) is 15.2 Å². The van der Waals surface area contributed by atoms with Crippen LogP contribution in [0.15, 0.2) is 60.0 Å². The van der Waals surface area contributed by atoms with E-state index in [1.165, 1.54) is 31.5 Å². The molecule has 3 heterocycles. The van der Waals surface area contributed by atoms with Crippen molar-refractivity contribution >= 4 is 15.5 Å². The third-order valence-corrected chi connectivity index (χ3v) is 5.87. The normalized spacial score (nSPS) is 11.7. The van der Waals surface area contributed by atoms with Gasteiger partial charge in [-0.15, -0.1) is 10.2 Å². The highest BCUT2D eigenvalue weighted by Gasteiger charge is 2.14. The Balaban J connectivity index is 1.65. The standard InChI is InChI=1S/C21H19FN4O3S/c1-29-19-11-16(22)6-3-14(19)4-7-17-8-9-18(21-25-24-13-26(17)21)15-5-10-20(23-12-15)30(2,27)28/h3,5-6,8-13H,4,7H2,1-2H3. The van der Waals surface area contributed by atoms with E-state index < -0.39 is 9.84 Å². The quantitative estimate of drug-likeness (QED) is 0.471. The second kappa shape index (κ2) is 7.83. The fourth-order valence-electron chi connectivity index (χ4n) is 3.34. The Bertz CT molecular complexity index is 1320. The maximum Gasteiger partial charge on any atom is 0.192 e. The first-order valence-electron chi connectivity index (χ1n) is 9.17. The molecule has 4 rings (SSSR count). The van der Waals surface area contributed by atoms with E-state index in [4.69, 9.17) is 4.74 Å². The molecule has 30 heavy (non-hydrogen) atoms. The summed E-state index contributed by atoms with van der Waals surface area (Å²) in [6, 6.07) is 11.6. The molecule has 4 aromatic rings. The minimum atomic E-state index is -3.36. The van der Waals surface area contributed by atoms with Crippen LogP contribution in [0.1, 0.15) is 11.3 Å². The first kappa shape index (κ1) is 20.0. The fourth-order valence-corrected chi connectivity index (χ4v) is 3.90. The SMILES string of the molecule is COc1cc(F)ccc1CCc1ccc(-c2ccc(S(C)(=O)=O)nc2)c2nncn12. The smallest absolute Gasteiger partial charge is 0.192 e. The molecule has 0 aliphatic rings. The van der Waals surface area contributed by atoms with Gasteiger partial charge in [0.15, 0.2) is 20.5 Å². The minimum Gasteiger partial charge on any atom is -0.496 e. The lowest BCUT2D eigenvalue weighted by Crippen LogP contribution is -2.02. The topological polar surface area (TPSA) is 86.5 Å². The number of aryl methyl sites for hydroxylation is 2. The maximum absolute atomic E-state index is 13.4. The van der Waals surface area contributed by atoms with Crippen LogP contribution in [0.2, 0.25) is 0 Å². The zero-order valence-corrected chi connectivity index (χ0v) is 17.2. The molecule has 0 aliphatic heterocycles. The number of fused-ring (bicyclic) bond motifs is 1. The van der Waals surface area contributed by atoms with E-state index in [1.807, 2.05) is 16.5 Å². The van der Waals surface area contributed by atoms with E-state index in [0.29, 0.717) is 24.2 Å². The van der Waals surface area contributed by atoms with Crippen LogP contribution in [-0.4, -0.2) is 41.4 Å². The number of sulfone groups is 1. The Morgan fingerprint density at radius 3 is 2.63 bits per heavy atom. The summed E-state index contributed by atoms with van der Waals surface area (Å²) < 4.78 is 43.8. The number of benzene rings is 1. The summed E-state index contributed by atoms with van der Waals surface area (Å²) in [5, 5.41) is 8.27. The Morgan fingerprint density at radius 2 is 1.93 bits per heavy atom. The molecule has 0 spiro atoms. The summed E-state index contributed by atoms with van der Waals surface area (Å²) in [4.78, 5) is 4.05. The lowest BCUT2D eigenvalue weighted by molar-refractivity contribution is 0.406. The van der Waals surface area contributed by atoms with Crippen molar-refractivity contribution in [1.29, 1.82) is 0 Å². The van der Waals surface area contributed by atoms with Crippen molar-refractivity contribution in [2.24, 2.45) is 0 Å². The van der Waals surface area contributed by atoms with Crippen LogP contribution in [0.3, 0.4) is 0 Å². The van der Waals surface area contributed by atoms with E-state index in [1.54, 1.807) is 18.5 Å². The molecule has 0 saturated heterocycles. The van der Waals surface area contributed by atoms with Crippen molar-refractivity contribution in [2.75, 3.05) is 13.4 Å². The molecule has 154 valence electrons. The van der Waals surface area contributed by atoms with Gasteiger partial charge in [-0.3, -0.25) is 4.40 Å². The first-order chi connectivity index (χ1) is 14.4. The molecular weight excluding hydrogens is 407 g/mol. The number of hydrogen-bond donors (Lipinski definition) is 0. The van der Waals surface area contributed by atoms with Crippen molar-refractivity contribution in [3.63, 3.8) is 0 Å². The summed E-state index contributed by atoms with van der Waals surface area (Å²) >= 11 is 0. The van der Waals surface area contributed by atoms with Gasteiger partial charge in [-0.2, -0.15) is 0 Å². The first-order valence-corrected chi connectivity index (χ1v) is 11.1. The molecule has 3 aromatic heterocycles. The average molecular weight is 426 g/mol. The van der Waals surface area contributed by atoms with Gasteiger partial charge in [0.1, 0.15) is 17.9 Å². The molecule has 0 bridgehead atoms. The number of rotatable bonds is 6. The number of ether oxygens (including phenoxy) is 1. The summed E-state index contributed by atoms with van der Waals surface area (Å²) in [7, 11) is -1.84. The maximum atomic E-state index is 13.4. The van der Waals surface area contributed by atoms with Gasteiger partial charge >= 0.3 is 0 Å². The molecule has 0 aliphatic carbocycles. The molecule has 0 unspecified atom stereocenters. The van der Waals surface area contributed by atoms with Gasteiger partial charge in [0.25, 0.3) is 0 Å². The van der Waals surface area contributed by atoms with Gasteiger partial charge < -0.3 is 4.74 Å². The predicted molar refractivity (Wildman–Crippen MR) is 110 cm³/mol. The monoisotopic (exact) mass is 426 g/mol. The van der Waals surface area contributed by atoms with Gasteiger partial charge in [0, 0.05) is 35.3 Å². The molecule has 0 N–H and O–H groups in total. The van der Waals surface area contributed by atoms with Crippen LogP contribution in [0.25, 0.3) is 16.8 Å². The molecular formula is C21H19FN4O3S. The largest absolute Gasteiger partial charge is 0.496 e. The lowest BCUT2D eigenvalue weighted by Gasteiger charge is -2.11. The number of methoxy groups -OCH3 is 1.